The number of thiophene rings is 1. The van der Waals surface area contributed by atoms with Gasteiger partial charge in [-0.15, -0.1) is 11.3 Å². The molecule has 4 aromatic rings. The van der Waals surface area contributed by atoms with Crippen molar-refractivity contribution in [3.63, 3.8) is 0 Å². The van der Waals surface area contributed by atoms with Crippen molar-refractivity contribution in [2.24, 2.45) is 11.0 Å². The number of hydrogen-bond donors (Lipinski definition) is 2. The van der Waals surface area contributed by atoms with Crippen molar-refractivity contribution >= 4 is 57.1 Å². The maximum absolute atomic E-state index is 13.0. The second-order valence-electron chi connectivity index (χ2n) is 10.5. The summed E-state index contributed by atoms with van der Waals surface area (Å²) >= 11 is 1.29. The van der Waals surface area contributed by atoms with Gasteiger partial charge in [-0.25, -0.2) is 15.0 Å². The molecule has 1 aliphatic rings. The van der Waals surface area contributed by atoms with E-state index >= 15 is 0 Å². The highest BCUT2D eigenvalue weighted by Crippen LogP contribution is 2.40. The second kappa shape index (κ2) is 14.2. The van der Waals surface area contributed by atoms with Crippen molar-refractivity contribution in [2.75, 3.05) is 18.5 Å². The molecule has 2 N–H and O–H groups in total. The van der Waals surface area contributed by atoms with Crippen LogP contribution < -0.4 is 20.2 Å². The van der Waals surface area contributed by atoms with Gasteiger partial charge in [-0.05, 0) is 85.7 Å². The molecule has 0 radical (unpaired) electrons. The first kappa shape index (κ1) is 31.4. The van der Waals surface area contributed by atoms with Gasteiger partial charge >= 0.3 is 23.8 Å². The first-order chi connectivity index (χ1) is 21.8. The largest absolute Gasteiger partial charge is 0.494 e. The maximum atomic E-state index is 13.0. The lowest BCUT2D eigenvalue weighted by molar-refractivity contribution is -0.136. The number of hydrazone groups is 1. The molecule has 1 aromatic heterocycles. The van der Waals surface area contributed by atoms with Crippen LogP contribution in [0, 0.1) is 5.92 Å². The predicted octanol–water partition coefficient (Wildman–Crippen LogP) is 5.91. The summed E-state index contributed by atoms with van der Waals surface area (Å²) in [5.41, 5.74) is 4.17. The molecule has 1 heterocycles. The van der Waals surface area contributed by atoms with Crippen molar-refractivity contribution in [2.45, 2.75) is 40.0 Å². The van der Waals surface area contributed by atoms with Gasteiger partial charge in [0.05, 0.1) is 30.6 Å². The minimum absolute atomic E-state index is 0.189. The zero-order chi connectivity index (χ0) is 31.9. The maximum Gasteiger partial charge on any atom is 0.343 e. The Morgan fingerprint density at radius 1 is 0.956 bits per heavy atom. The van der Waals surface area contributed by atoms with E-state index in [4.69, 9.17) is 14.2 Å². The van der Waals surface area contributed by atoms with Crippen LogP contribution in [0.3, 0.4) is 0 Å². The van der Waals surface area contributed by atoms with E-state index in [0.717, 1.165) is 34.1 Å². The average molecular weight is 628 g/mol. The third-order valence-corrected chi connectivity index (χ3v) is 8.49. The van der Waals surface area contributed by atoms with E-state index in [1.165, 1.54) is 17.6 Å². The predicted molar refractivity (Wildman–Crippen MR) is 172 cm³/mol. The van der Waals surface area contributed by atoms with Gasteiger partial charge in [-0.1, -0.05) is 37.3 Å². The van der Waals surface area contributed by atoms with E-state index in [1.807, 2.05) is 37.3 Å². The number of nitrogens with one attached hydrogen (secondary N) is 2. The summed E-state index contributed by atoms with van der Waals surface area (Å²) in [7, 11) is 0. The van der Waals surface area contributed by atoms with Gasteiger partial charge in [-0.3, -0.25) is 9.59 Å². The zero-order valence-electron chi connectivity index (χ0n) is 25.2. The summed E-state index contributed by atoms with van der Waals surface area (Å²) in [4.78, 5) is 52.4. The first-order valence-corrected chi connectivity index (χ1v) is 15.5. The fraction of sp³-hybridized carbons (Fsp3) is 0.265. The molecule has 0 unspecified atom stereocenters. The summed E-state index contributed by atoms with van der Waals surface area (Å²) < 4.78 is 16.4. The number of nitrogens with zero attached hydrogens (tertiary/aromatic N) is 1. The van der Waals surface area contributed by atoms with Crippen LogP contribution in [0.4, 0.5) is 5.00 Å². The molecule has 3 aromatic carbocycles. The number of esters is 2. The van der Waals surface area contributed by atoms with Crippen molar-refractivity contribution in [3.8, 4) is 11.5 Å². The Morgan fingerprint density at radius 2 is 1.73 bits per heavy atom. The van der Waals surface area contributed by atoms with Crippen LogP contribution in [0.5, 0.6) is 11.5 Å². The third-order valence-electron chi connectivity index (χ3n) is 7.32. The summed E-state index contributed by atoms with van der Waals surface area (Å²) in [6.45, 7) is 6.42. The van der Waals surface area contributed by atoms with Crippen LogP contribution in [0.25, 0.3) is 10.8 Å². The smallest absolute Gasteiger partial charge is 0.343 e. The van der Waals surface area contributed by atoms with Crippen LogP contribution in [0.15, 0.2) is 65.8 Å². The highest BCUT2D eigenvalue weighted by molar-refractivity contribution is 7.17. The number of rotatable bonds is 9. The molecule has 0 fully saturated rings. The lowest BCUT2D eigenvalue weighted by atomic mass is 9.88. The van der Waals surface area contributed by atoms with E-state index in [2.05, 4.69) is 22.8 Å². The molecule has 0 bridgehead atoms. The fourth-order valence-corrected chi connectivity index (χ4v) is 6.53. The van der Waals surface area contributed by atoms with Crippen LogP contribution >= 0.6 is 11.3 Å². The molecule has 0 aliphatic heterocycles. The van der Waals surface area contributed by atoms with Crippen LogP contribution in [0.2, 0.25) is 0 Å². The van der Waals surface area contributed by atoms with E-state index in [0.29, 0.717) is 41.4 Å². The zero-order valence-corrected chi connectivity index (χ0v) is 26.0. The number of ether oxygens (including phenoxy) is 3. The number of benzene rings is 3. The Hall–Kier alpha value is -5.03. The fourth-order valence-electron chi connectivity index (χ4n) is 5.13. The van der Waals surface area contributed by atoms with E-state index < -0.39 is 23.8 Å². The first-order valence-electron chi connectivity index (χ1n) is 14.7. The summed E-state index contributed by atoms with van der Waals surface area (Å²) in [5, 5.41) is 8.45. The Bertz CT molecular complexity index is 1780. The Morgan fingerprint density at radius 3 is 2.49 bits per heavy atom. The topological polar surface area (TPSA) is 132 Å². The number of anilines is 1. The Kier molecular flexibility index (Phi) is 9.89. The van der Waals surface area contributed by atoms with E-state index in [9.17, 15) is 19.2 Å². The average Bonchev–Trinajstić information content (AvgIpc) is 3.39. The summed E-state index contributed by atoms with van der Waals surface area (Å²) in [5.74, 6) is -1.83. The standard InChI is InChI=1S/C34H33N3O7S/c1-4-42-23-14-11-22(12-15-23)33(40)44-27-17-13-21-8-6-7-9-24(21)26(27)19-35-37-31(39)30(38)36-32-29(34(41)43-5-2)25-16-10-20(3)18-28(25)45-32/h6-9,11-15,17,19-20H,4-5,10,16,18H2,1-3H3,(H,36,38)(H,37,39)/b35-19-/t20-/m0/s1. The van der Waals surface area contributed by atoms with Crippen LogP contribution in [-0.4, -0.2) is 43.2 Å². The number of hydrogen-bond acceptors (Lipinski definition) is 9. The van der Waals surface area contributed by atoms with Crippen molar-refractivity contribution in [1.29, 1.82) is 0 Å². The molecule has 10 nitrogen and oxygen atoms in total. The van der Waals surface area contributed by atoms with Gasteiger partial charge in [0.1, 0.15) is 16.5 Å². The van der Waals surface area contributed by atoms with Crippen molar-refractivity contribution in [1.82, 2.24) is 5.43 Å². The van der Waals surface area contributed by atoms with Gasteiger partial charge in [0, 0.05) is 10.4 Å². The highest BCUT2D eigenvalue weighted by Gasteiger charge is 2.30. The normalized spacial score (nSPS) is 14.1. The van der Waals surface area contributed by atoms with Gasteiger partial charge < -0.3 is 19.5 Å². The number of carbonyl (C=O) groups excluding carboxylic acids is 4. The van der Waals surface area contributed by atoms with Gasteiger partial charge in [0.15, 0.2) is 0 Å². The Labute approximate surface area is 264 Å². The quantitative estimate of drug-likeness (QED) is 0.0775. The molecular formula is C34H33N3O7S. The monoisotopic (exact) mass is 627 g/mol. The van der Waals surface area contributed by atoms with Crippen molar-refractivity contribution in [3.05, 3.63) is 87.8 Å². The summed E-state index contributed by atoms with van der Waals surface area (Å²) in [6, 6.07) is 17.5. The van der Waals surface area contributed by atoms with Gasteiger partial charge in [0.2, 0.25) is 0 Å². The van der Waals surface area contributed by atoms with E-state index in [1.54, 1.807) is 37.3 Å². The van der Waals surface area contributed by atoms with Crippen LogP contribution in [0.1, 0.15) is 63.9 Å². The molecule has 11 heteroatoms. The van der Waals surface area contributed by atoms with Crippen LogP contribution in [-0.2, 0) is 27.2 Å². The molecule has 45 heavy (non-hydrogen) atoms. The molecular weight excluding hydrogens is 594 g/mol. The number of carbonyl (C=O) groups is 4. The summed E-state index contributed by atoms with van der Waals surface area (Å²) in [6.07, 6.45) is 3.73. The molecule has 0 saturated carbocycles. The molecule has 0 spiro atoms. The molecule has 232 valence electrons. The Balaban J connectivity index is 1.33. The lowest BCUT2D eigenvalue weighted by Gasteiger charge is -2.18. The van der Waals surface area contributed by atoms with Gasteiger partial charge in [0.25, 0.3) is 0 Å². The molecule has 1 aliphatic carbocycles. The minimum atomic E-state index is -1.03. The minimum Gasteiger partial charge on any atom is -0.494 e. The highest BCUT2D eigenvalue weighted by atomic mass is 32.1. The molecule has 0 saturated heterocycles. The number of fused-ring (bicyclic) bond motifs is 2. The molecule has 2 amide bonds. The number of amides is 2. The third kappa shape index (κ3) is 7.21. The van der Waals surface area contributed by atoms with Gasteiger partial charge in [-0.2, -0.15) is 5.10 Å². The SMILES string of the molecule is CCOC(=O)c1c(NC(=O)C(=O)N/N=C\c2c(OC(=O)c3ccc(OCC)cc3)ccc3ccccc23)sc2c1CC[C@H](C)C2. The van der Waals surface area contributed by atoms with Crippen molar-refractivity contribution < 1.29 is 33.4 Å². The molecule has 5 rings (SSSR count). The second-order valence-corrected chi connectivity index (χ2v) is 11.6. The lowest BCUT2D eigenvalue weighted by Crippen LogP contribution is -2.32. The van der Waals surface area contributed by atoms with E-state index in [-0.39, 0.29) is 17.4 Å². The molecule has 1 atom stereocenters.